The van der Waals surface area contributed by atoms with Crippen LogP contribution in [-0.4, -0.2) is 57.4 Å². The van der Waals surface area contributed by atoms with Gasteiger partial charge in [-0.3, -0.25) is 4.79 Å². The molecule has 1 saturated heterocycles. The third-order valence-electron chi connectivity index (χ3n) is 8.30. The van der Waals surface area contributed by atoms with Crippen molar-refractivity contribution in [2.45, 2.75) is 91.1 Å². The van der Waals surface area contributed by atoms with Crippen LogP contribution in [0.5, 0.6) is 0 Å². The zero-order valence-corrected chi connectivity index (χ0v) is 25.6. The van der Waals surface area contributed by atoms with Gasteiger partial charge in [-0.1, -0.05) is 25.1 Å². The highest BCUT2D eigenvalue weighted by molar-refractivity contribution is 5.71. The average molecular weight is 558 g/mol. The molecule has 7 nitrogen and oxygen atoms in total. The molecule has 2 atom stereocenters. The van der Waals surface area contributed by atoms with Crippen molar-refractivity contribution in [1.82, 2.24) is 19.7 Å². The molecule has 2 unspecified atom stereocenters. The molecular weight excluding hydrogens is 510 g/mol. The van der Waals surface area contributed by atoms with Gasteiger partial charge in [0.2, 0.25) is 0 Å². The van der Waals surface area contributed by atoms with Crippen LogP contribution in [0.15, 0.2) is 42.5 Å². The fourth-order valence-corrected chi connectivity index (χ4v) is 6.30. The van der Waals surface area contributed by atoms with E-state index >= 15 is 0 Å². The molecule has 2 aromatic heterocycles. The standard InChI is InChI=1S/C34H47N5O2/c1-6-30-19-24(2)37-39(30)31-11-7-9-27(20-31)28(21-32(40)41-34(3,4)5)23-38-18-16-25(22-38)12-14-29-15-13-26-10-8-17-35-33(26)36-29/h7,9,11,13,15,19-20,25,28H,6,8,10,12,14,16-18,21-23H2,1-5H3,(H,35,36). The maximum Gasteiger partial charge on any atom is 0.306 e. The Bertz CT molecular complexity index is 1340. The van der Waals surface area contributed by atoms with E-state index in [0.29, 0.717) is 12.3 Å². The fraction of sp³-hybridized carbons (Fsp3) is 0.559. The number of benzene rings is 1. The number of nitrogens with one attached hydrogen (secondary N) is 1. The maximum atomic E-state index is 13.0. The summed E-state index contributed by atoms with van der Waals surface area (Å²) in [5.41, 5.74) is 6.46. The first-order chi connectivity index (χ1) is 19.7. The second-order valence-electron chi connectivity index (χ2n) is 12.9. The number of likely N-dealkylation sites (tertiary alicyclic amines) is 1. The van der Waals surface area contributed by atoms with Crippen molar-refractivity contribution in [2.75, 3.05) is 31.5 Å². The zero-order valence-electron chi connectivity index (χ0n) is 25.6. The van der Waals surface area contributed by atoms with Crippen LogP contribution in [-0.2, 0) is 28.8 Å². The van der Waals surface area contributed by atoms with Crippen LogP contribution >= 0.6 is 0 Å². The number of anilines is 1. The van der Waals surface area contributed by atoms with E-state index in [4.69, 9.17) is 14.8 Å². The van der Waals surface area contributed by atoms with Crippen LogP contribution in [0.25, 0.3) is 5.69 Å². The van der Waals surface area contributed by atoms with Crippen molar-refractivity contribution >= 4 is 11.8 Å². The van der Waals surface area contributed by atoms with Gasteiger partial charge in [0.15, 0.2) is 0 Å². The smallest absolute Gasteiger partial charge is 0.306 e. The SMILES string of the molecule is CCc1cc(C)nn1-c1cccc(C(CC(=O)OC(C)(C)C)CN2CCC(CCc3ccc4c(n3)NCCC4)C2)c1. The molecule has 7 heteroatoms. The van der Waals surface area contributed by atoms with Crippen molar-refractivity contribution in [3.8, 4) is 5.69 Å². The van der Waals surface area contributed by atoms with E-state index in [1.54, 1.807) is 0 Å². The summed E-state index contributed by atoms with van der Waals surface area (Å²) in [4.78, 5) is 20.5. The van der Waals surface area contributed by atoms with Gasteiger partial charge in [-0.15, -0.1) is 0 Å². The molecule has 0 saturated carbocycles. The number of esters is 1. The summed E-state index contributed by atoms with van der Waals surface area (Å²) >= 11 is 0. The number of carbonyl (C=O) groups is 1. The zero-order chi connectivity index (χ0) is 29.0. The number of hydrogen-bond acceptors (Lipinski definition) is 6. The van der Waals surface area contributed by atoms with Crippen molar-refractivity contribution in [2.24, 2.45) is 5.92 Å². The van der Waals surface area contributed by atoms with Gasteiger partial charge in [0, 0.05) is 36.9 Å². The molecule has 0 bridgehead atoms. The van der Waals surface area contributed by atoms with Gasteiger partial charge in [0.1, 0.15) is 11.4 Å². The van der Waals surface area contributed by atoms with E-state index in [-0.39, 0.29) is 11.9 Å². The summed E-state index contributed by atoms with van der Waals surface area (Å²) in [6.07, 6.45) is 6.95. The first-order valence-corrected chi connectivity index (χ1v) is 15.5. The third kappa shape index (κ3) is 7.76. The summed E-state index contributed by atoms with van der Waals surface area (Å²) in [7, 11) is 0. The van der Waals surface area contributed by atoms with Gasteiger partial charge in [0.05, 0.1) is 17.8 Å². The van der Waals surface area contributed by atoms with Crippen LogP contribution in [0.2, 0.25) is 0 Å². The Balaban J connectivity index is 1.26. The number of pyridine rings is 1. The normalized spacial score (nSPS) is 18.1. The van der Waals surface area contributed by atoms with Crippen molar-refractivity contribution < 1.29 is 9.53 Å². The van der Waals surface area contributed by atoms with Crippen LogP contribution in [0.1, 0.15) is 87.5 Å². The highest BCUT2D eigenvalue weighted by Gasteiger charge is 2.28. The molecular formula is C34H47N5O2. The van der Waals surface area contributed by atoms with E-state index < -0.39 is 5.60 Å². The van der Waals surface area contributed by atoms with E-state index in [1.807, 2.05) is 32.4 Å². The summed E-state index contributed by atoms with van der Waals surface area (Å²) in [5, 5.41) is 8.21. The number of aryl methyl sites for hydroxylation is 4. The number of hydrogen-bond donors (Lipinski definition) is 1. The Morgan fingerprint density at radius 3 is 2.85 bits per heavy atom. The number of aromatic nitrogens is 3. The minimum Gasteiger partial charge on any atom is -0.460 e. The lowest BCUT2D eigenvalue weighted by Gasteiger charge is -2.26. The van der Waals surface area contributed by atoms with E-state index in [9.17, 15) is 4.79 Å². The van der Waals surface area contributed by atoms with E-state index in [1.165, 1.54) is 29.8 Å². The Morgan fingerprint density at radius 2 is 2.05 bits per heavy atom. The molecule has 4 heterocycles. The number of rotatable bonds is 10. The van der Waals surface area contributed by atoms with Gasteiger partial charge in [-0.05, 0) is 114 Å². The lowest BCUT2D eigenvalue weighted by atomic mass is 9.94. The second kappa shape index (κ2) is 12.8. The van der Waals surface area contributed by atoms with Crippen LogP contribution in [0, 0.1) is 12.8 Å². The third-order valence-corrected chi connectivity index (χ3v) is 8.30. The van der Waals surface area contributed by atoms with Crippen molar-refractivity contribution in [3.63, 3.8) is 0 Å². The van der Waals surface area contributed by atoms with E-state index in [2.05, 4.69) is 59.6 Å². The first-order valence-electron chi connectivity index (χ1n) is 15.5. The van der Waals surface area contributed by atoms with Gasteiger partial charge < -0.3 is 15.0 Å². The molecule has 0 spiro atoms. The van der Waals surface area contributed by atoms with Gasteiger partial charge in [-0.25, -0.2) is 9.67 Å². The Labute approximate surface area is 245 Å². The lowest BCUT2D eigenvalue weighted by molar-refractivity contribution is -0.155. The molecule has 3 aromatic rings. The van der Waals surface area contributed by atoms with Crippen LogP contribution in [0.3, 0.4) is 0 Å². The molecule has 5 rings (SSSR count). The molecule has 0 aliphatic carbocycles. The molecule has 2 aliphatic heterocycles. The minimum absolute atomic E-state index is 0.0543. The predicted octanol–water partition coefficient (Wildman–Crippen LogP) is 6.27. The number of ether oxygens (including phenoxy) is 1. The van der Waals surface area contributed by atoms with Gasteiger partial charge in [-0.2, -0.15) is 5.10 Å². The van der Waals surface area contributed by atoms with Crippen LogP contribution < -0.4 is 5.32 Å². The lowest BCUT2D eigenvalue weighted by Crippen LogP contribution is -2.30. The Hall–Kier alpha value is -3.19. The van der Waals surface area contributed by atoms with Crippen molar-refractivity contribution in [3.05, 3.63) is 70.7 Å². The number of nitrogens with zero attached hydrogens (tertiary/aromatic N) is 4. The number of fused-ring (bicyclic) bond motifs is 1. The van der Waals surface area contributed by atoms with Gasteiger partial charge >= 0.3 is 5.97 Å². The fourth-order valence-electron chi connectivity index (χ4n) is 6.30. The summed E-state index contributed by atoms with van der Waals surface area (Å²) < 4.78 is 7.81. The highest BCUT2D eigenvalue weighted by atomic mass is 16.6. The minimum atomic E-state index is -0.495. The molecule has 1 aromatic carbocycles. The van der Waals surface area contributed by atoms with Gasteiger partial charge in [0.25, 0.3) is 0 Å². The summed E-state index contributed by atoms with van der Waals surface area (Å²) in [6.45, 7) is 14.0. The molecule has 0 radical (unpaired) electrons. The molecule has 2 aliphatic rings. The monoisotopic (exact) mass is 557 g/mol. The second-order valence-corrected chi connectivity index (χ2v) is 12.9. The molecule has 41 heavy (non-hydrogen) atoms. The molecule has 0 amide bonds. The van der Waals surface area contributed by atoms with Crippen LogP contribution in [0.4, 0.5) is 5.82 Å². The maximum absolute atomic E-state index is 13.0. The summed E-state index contributed by atoms with van der Waals surface area (Å²) in [6, 6.07) is 15.2. The predicted molar refractivity (Wildman–Crippen MR) is 165 cm³/mol. The van der Waals surface area contributed by atoms with E-state index in [0.717, 1.165) is 74.6 Å². The quantitative estimate of drug-likeness (QED) is 0.297. The summed E-state index contributed by atoms with van der Waals surface area (Å²) in [5.74, 6) is 1.65. The first kappa shape index (κ1) is 29.3. The highest BCUT2D eigenvalue weighted by Crippen LogP contribution is 2.30. The molecule has 1 N–H and O–H groups in total. The molecule has 220 valence electrons. The Kier molecular flexibility index (Phi) is 9.12. The van der Waals surface area contributed by atoms with Crippen molar-refractivity contribution in [1.29, 1.82) is 0 Å². The number of carbonyl (C=O) groups excluding carboxylic acids is 1. The largest absolute Gasteiger partial charge is 0.460 e. The molecule has 1 fully saturated rings. The Morgan fingerprint density at radius 1 is 1.20 bits per heavy atom. The average Bonchev–Trinajstić information content (AvgIpc) is 3.56. The topological polar surface area (TPSA) is 72.3 Å².